The summed E-state index contributed by atoms with van der Waals surface area (Å²) in [6.07, 6.45) is 0.229. The molecule has 18 heavy (non-hydrogen) atoms. The average molecular weight is 255 g/mol. The molecule has 0 aromatic carbocycles. The summed E-state index contributed by atoms with van der Waals surface area (Å²) in [6.45, 7) is 4.90. The Morgan fingerprint density at radius 3 is 2.72 bits per heavy atom. The van der Waals surface area contributed by atoms with Crippen molar-refractivity contribution in [1.82, 2.24) is 20.5 Å². The van der Waals surface area contributed by atoms with Crippen LogP contribution in [-0.4, -0.2) is 34.2 Å². The van der Waals surface area contributed by atoms with Crippen molar-refractivity contribution in [1.29, 1.82) is 0 Å². The quantitative estimate of drug-likeness (QED) is 0.521. The molecule has 0 aliphatic rings. The summed E-state index contributed by atoms with van der Waals surface area (Å²) in [7, 11) is 0. The van der Waals surface area contributed by atoms with Gasteiger partial charge >= 0.3 is 5.69 Å². The van der Waals surface area contributed by atoms with Gasteiger partial charge in [-0.15, -0.1) is 5.10 Å². The maximum atomic E-state index is 11.4. The first-order valence-corrected chi connectivity index (χ1v) is 5.68. The monoisotopic (exact) mass is 255 g/mol. The van der Waals surface area contributed by atoms with Gasteiger partial charge < -0.3 is 10.6 Å². The predicted octanol–water partition coefficient (Wildman–Crippen LogP) is -0.968. The Hall–Kier alpha value is -2.12. The first kappa shape index (κ1) is 13.9. The molecular weight excluding hydrogens is 238 g/mol. The molecule has 1 heterocycles. The van der Waals surface area contributed by atoms with Gasteiger partial charge in [-0.05, 0) is 5.92 Å². The number of hydrogen-bond donors (Lipinski definition) is 4. The summed E-state index contributed by atoms with van der Waals surface area (Å²) in [6, 6.07) is 0. The molecule has 1 amide bonds. The fourth-order valence-electron chi connectivity index (χ4n) is 1.17. The number of hydrogen-bond acceptors (Lipinski definition) is 5. The third-order valence-corrected chi connectivity index (χ3v) is 2.06. The number of nitrogens with one attached hydrogen (secondary N) is 4. The molecular formula is C10H17N5O3. The Labute approximate surface area is 103 Å². The third-order valence-electron chi connectivity index (χ3n) is 2.06. The van der Waals surface area contributed by atoms with E-state index in [1.165, 1.54) is 0 Å². The summed E-state index contributed by atoms with van der Waals surface area (Å²) in [4.78, 5) is 35.3. The summed E-state index contributed by atoms with van der Waals surface area (Å²) in [5.41, 5.74) is -1.28. The van der Waals surface area contributed by atoms with Crippen molar-refractivity contribution in [3.05, 3.63) is 20.8 Å². The van der Waals surface area contributed by atoms with E-state index in [1.807, 2.05) is 18.8 Å². The first-order chi connectivity index (χ1) is 8.49. The van der Waals surface area contributed by atoms with E-state index in [0.717, 1.165) is 0 Å². The minimum Gasteiger partial charge on any atom is -0.364 e. The molecule has 0 unspecified atom stereocenters. The van der Waals surface area contributed by atoms with Crippen molar-refractivity contribution in [2.75, 3.05) is 18.4 Å². The Morgan fingerprint density at radius 1 is 1.39 bits per heavy atom. The lowest BCUT2D eigenvalue weighted by atomic mass is 10.2. The lowest BCUT2D eigenvalue weighted by Gasteiger charge is -2.07. The van der Waals surface area contributed by atoms with E-state index < -0.39 is 11.2 Å². The largest absolute Gasteiger partial charge is 0.364 e. The molecule has 0 fully saturated rings. The minimum absolute atomic E-state index is 0.00809. The maximum Gasteiger partial charge on any atom is 0.342 e. The highest BCUT2D eigenvalue weighted by atomic mass is 16.2. The van der Waals surface area contributed by atoms with Crippen LogP contribution in [0.4, 0.5) is 5.82 Å². The molecule has 1 rings (SSSR count). The third kappa shape index (κ3) is 4.81. The highest BCUT2D eigenvalue weighted by molar-refractivity contribution is 5.76. The molecule has 0 bridgehead atoms. The average Bonchev–Trinajstić information content (AvgIpc) is 2.29. The van der Waals surface area contributed by atoms with E-state index in [4.69, 9.17) is 0 Å². The summed E-state index contributed by atoms with van der Waals surface area (Å²) in [5, 5.41) is 11.0. The van der Waals surface area contributed by atoms with Gasteiger partial charge in [0, 0.05) is 19.5 Å². The molecule has 0 radical (unpaired) electrons. The van der Waals surface area contributed by atoms with Crippen molar-refractivity contribution in [3.63, 3.8) is 0 Å². The predicted molar refractivity (Wildman–Crippen MR) is 66.4 cm³/mol. The maximum absolute atomic E-state index is 11.4. The summed E-state index contributed by atoms with van der Waals surface area (Å²) < 4.78 is 0. The van der Waals surface area contributed by atoms with E-state index in [2.05, 4.69) is 20.8 Å². The van der Waals surface area contributed by atoms with Gasteiger partial charge in [-0.25, -0.2) is 9.89 Å². The number of rotatable bonds is 6. The van der Waals surface area contributed by atoms with Crippen molar-refractivity contribution in [3.8, 4) is 0 Å². The number of aromatic nitrogens is 3. The van der Waals surface area contributed by atoms with Crippen LogP contribution in [0.5, 0.6) is 0 Å². The van der Waals surface area contributed by atoms with Gasteiger partial charge in [0.1, 0.15) is 0 Å². The lowest BCUT2D eigenvalue weighted by molar-refractivity contribution is -0.120. The topological polar surface area (TPSA) is 120 Å². The van der Waals surface area contributed by atoms with Gasteiger partial charge in [0.05, 0.1) is 0 Å². The van der Waals surface area contributed by atoms with Crippen molar-refractivity contribution < 1.29 is 4.79 Å². The second-order valence-corrected chi connectivity index (χ2v) is 4.23. The number of anilines is 1. The van der Waals surface area contributed by atoms with E-state index in [1.54, 1.807) is 0 Å². The van der Waals surface area contributed by atoms with Gasteiger partial charge in [-0.3, -0.25) is 14.6 Å². The van der Waals surface area contributed by atoms with Crippen LogP contribution >= 0.6 is 0 Å². The highest BCUT2D eigenvalue weighted by Crippen LogP contribution is 1.90. The number of nitrogens with zero attached hydrogens (tertiary/aromatic N) is 1. The van der Waals surface area contributed by atoms with E-state index in [9.17, 15) is 14.4 Å². The molecule has 1 aromatic rings. The van der Waals surface area contributed by atoms with E-state index in [-0.39, 0.29) is 24.7 Å². The smallest absolute Gasteiger partial charge is 0.342 e. The molecule has 0 aliphatic carbocycles. The molecule has 0 spiro atoms. The van der Waals surface area contributed by atoms with Crippen LogP contribution in [-0.2, 0) is 4.79 Å². The molecule has 100 valence electrons. The molecule has 0 atom stereocenters. The second kappa shape index (κ2) is 6.58. The van der Waals surface area contributed by atoms with E-state index >= 15 is 0 Å². The standard InChI is InChI=1S/C10H17N5O3/c1-6(2)5-12-7(16)3-4-11-8-9(17)13-10(18)15-14-8/h6H,3-5H2,1-2H3,(H,11,14)(H,12,16)(H2,13,15,17,18). The van der Waals surface area contributed by atoms with Crippen LogP contribution in [0.25, 0.3) is 0 Å². The first-order valence-electron chi connectivity index (χ1n) is 5.68. The van der Waals surface area contributed by atoms with Gasteiger partial charge in [-0.1, -0.05) is 13.8 Å². The molecule has 0 saturated heterocycles. The number of carbonyl (C=O) groups excluding carboxylic acids is 1. The molecule has 1 aromatic heterocycles. The fraction of sp³-hybridized carbons (Fsp3) is 0.600. The Morgan fingerprint density at radius 2 is 2.11 bits per heavy atom. The van der Waals surface area contributed by atoms with Crippen LogP contribution < -0.4 is 21.9 Å². The van der Waals surface area contributed by atoms with Crippen molar-refractivity contribution >= 4 is 11.7 Å². The van der Waals surface area contributed by atoms with E-state index in [0.29, 0.717) is 12.5 Å². The van der Waals surface area contributed by atoms with Gasteiger partial charge in [-0.2, -0.15) is 0 Å². The molecule has 4 N–H and O–H groups in total. The van der Waals surface area contributed by atoms with Gasteiger partial charge in [0.25, 0.3) is 5.56 Å². The number of amides is 1. The Balaban J connectivity index is 2.35. The van der Waals surface area contributed by atoms with Crippen LogP contribution in [0.3, 0.4) is 0 Å². The van der Waals surface area contributed by atoms with Crippen molar-refractivity contribution in [2.24, 2.45) is 5.92 Å². The highest BCUT2D eigenvalue weighted by Gasteiger charge is 2.04. The van der Waals surface area contributed by atoms with Crippen LogP contribution in [0.2, 0.25) is 0 Å². The Bertz CT molecular complexity index is 505. The number of carbonyl (C=O) groups is 1. The van der Waals surface area contributed by atoms with Crippen molar-refractivity contribution in [2.45, 2.75) is 20.3 Å². The number of H-pyrrole nitrogens is 2. The molecule has 0 aliphatic heterocycles. The second-order valence-electron chi connectivity index (χ2n) is 4.23. The zero-order valence-electron chi connectivity index (χ0n) is 10.4. The minimum atomic E-state index is -0.666. The zero-order valence-corrected chi connectivity index (χ0v) is 10.4. The lowest BCUT2D eigenvalue weighted by Crippen LogP contribution is -2.30. The summed E-state index contributed by atoms with van der Waals surface area (Å²) in [5.74, 6) is 0.286. The van der Waals surface area contributed by atoms with Gasteiger partial charge in [0.15, 0.2) is 0 Å². The van der Waals surface area contributed by atoms with Crippen LogP contribution in [0, 0.1) is 5.92 Å². The summed E-state index contributed by atoms with van der Waals surface area (Å²) >= 11 is 0. The number of aromatic amines is 2. The van der Waals surface area contributed by atoms with Crippen LogP contribution in [0.15, 0.2) is 9.59 Å². The SMILES string of the molecule is CC(C)CNC(=O)CCNc1n[nH]c(=O)[nH]c1=O. The van der Waals surface area contributed by atoms with Gasteiger partial charge in [0.2, 0.25) is 11.7 Å². The normalized spacial score (nSPS) is 10.4. The molecule has 8 nitrogen and oxygen atoms in total. The molecule has 0 saturated carbocycles. The Kier molecular flexibility index (Phi) is 5.09. The molecule has 8 heteroatoms. The van der Waals surface area contributed by atoms with Crippen LogP contribution in [0.1, 0.15) is 20.3 Å². The fourth-order valence-corrected chi connectivity index (χ4v) is 1.17. The zero-order chi connectivity index (χ0) is 13.5.